The lowest BCUT2D eigenvalue weighted by molar-refractivity contribution is -0.127. The third-order valence-corrected chi connectivity index (χ3v) is 6.13. The van der Waals surface area contributed by atoms with Crippen molar-refractivity contribution in [1.82, 2.24) is 0 Å². The number of ketones is 2. The Labute approximate surface area is 172 Å². The van der Waals surface area contributed by atoms with Crippen LogP contribution in [-0.2, 0) is 4.79 Å². The molecule has 0 bridgehead atoms. The Bertz CT molecular complexity index is 948. The van der Waals surface area contributed by atoms with Gasteiger partial charge in [0.05, 0.1) is 0 Å². The van der Waals surface area contributed by atoms with E-state index < -0.39 is 0 Å². The van der Waals surface area contributed by atoms with Gasteiger partial charge in [0.1, 0.15) is 5.78 Å². The Morgan fingerprint density at radius 2 is 1.38 bits per heavy atom. The third-order valence-electron chi connectivity index (χ3n) is 6.13. The highest BCUT2D eigenvalue weighted by atomic mass is 16.1. The average Bonchev–Trinajstić information content (AvgIpc) is 2.79. The predicted molar refractivity (Wildman–Crippen MR) is 116 cm³/mol. The van der Waals surface area contributed by atoms with Gasteiger partial charge in [-0.3, -0.25) is 9.59 Å². The minimum absolute atomic E-state index is 0.0620. The summed E-state index contributed by atoms with van der Waals surface area (Å²) in [5.41, 5.74) is 2.91. The number of benzene rings is 3. The van der Waals surface area contributed by atoms with Crippen molar-refractivity contribution in [2.75, 3.05) is 0 Å². The minimum Gasteiger partial charge on any atom is -0.299 e. The molecule has 1 fully saturated rings. The molecule has 3 aromatic carbocycles. The topological polar surface area (TPSA) is 34.1 Å². The van der Waals surface area contributed by atoms with Crippen LogP contribution in [-0.4, -0.2) is 11.6 Å². The van der Waals surface area contributed by atoms with Crippen LogP contribution in [0.3, 0.4) is 0 Å². The van der Waals surface area contributed by atoms with Crippen LogP contribution < -0.4 is 0 Å². The normalized spacial score (nSPS) is 20.2. The number of hydrogen-bond acceptors (Lipinski definition) is 2. The standard InChI is InChI=1S/C27H26O2/c28-26(22-15-8-3-9-16-22)19-25(21-13-6-2-7-14-21)24-18-10-17-23(27(24)29)20-11-4-1-5-12-20/h1-9,11-16,23-25H,10,17-19H2. The van der Waals surface area contributed by atoms with Crippen molar-refractivity contribution in [2.45, 2.75) is 37.5 Å². The molecule has 2 heteroatoms. The largest absolute Gasteiger partial charge is 0.299 e. The van der Waals surface area contributed by atoms with Crippen molar-refractivity contribution in [3.05, 3.63) is 108 Å². The highest BCUT2D eigenvalue weighted by Gasteiger charge is 2.38. The van der Waals surface area contributed by atoms with E-state index in [1.807, 2.05) is 66.7 Å². The van der Waals surface area contributed by atoms with E-state index in [2.05, 4.69) is 24.3 Å². The fraction of sp³-hybridized carbons (Fsp3) is 0.259. The molecule has 1 aliphatic rings. The Morgan fingerprint density at radius 3 is 2.03 bits per heavy atom. The summed E-state index contributed by atoms with van der Waals surface area (Å²) < 4.78 is 0. The van der Waals surface area contributed by atoms with Gasteiger partial charge in [0.25, 0.3) is 0 Å². The third kappa shape index (κ3) is 4.37. The van der Waals surface area contributed by atoms with Crippen LogP contribution in [0.25, 0.3) is 0 Å². The van der Waals surface area contributed by atoms with Gasteiger partial charge in [-0.25, -0.2) is 0 Å². The monoisotopic (exact) mass is 382 g/mol. The van der Waals surface area contributed by atoms with Crippen LogP contribution in [0.5, 0.6) is 0 Å². The summed E-state index contributed by atoms with van der Waals surface area (Å²) in [6.07, 6.45) is 3.13. The van der Waals surface area contributed by atoms with E-state index in [4.69, 9.17) is 0 Å². The molecule has 0 heterocycles. The van der Waals surface area contributed by atoms with Gasteiger partial charge in [0.15, 0.2) is 5.78 Å². The Balaban J connectivity index is 1.64. The SMILES string of the molecule is O=C(CC(c1ccccc1)C1CCCC(c2ccccc2)C1=O)c1ccccc1. The number of carbonyl (C=O) groups excluding carboxylic acids is 2. The van der Waals surface area contributed by atoms with Gasteiger partial charge in [0, 0.05) is 29.7 Å². The van der Waals surface area contributed by atoms with Crippen molar-refractivity contribution in [3.8, 4) is 0 Å². The van der Waals surface area contributed by atoms with E-state index >= 15 is 0 Å². The molecule has 1 saturated carbocycles. The van der Waals surface area contributed by atoms with Gasteiger partial charge in [-0.2, -0.15) is 0 Å². The summed E-state index contributed by atoms with van der Waals surface area (Å²) in [5.74, 6) is 0.131. The van der Waals surface area contributed by atoms with E-state index in [-0.39, 0.29) is 29.3 Å². The zero-order valence-corrected chi connectivity index (χ0v) is 16.5. The molecule has 0 saturated heterocycles. The summed E-state index contributed by atoms with van der Waals surface area (Å²) in [7, 11) is 0. The molecular formula is C27H26O2. The molecule has 2 nitrogen and oxygen atoms in total. The first-order chi connectivity index (χ1) is 14.2. The number of Topliss-reactive ketones (excluding diaryl/α,β-unsaturated/α-hetero) is 2. The fourth-order valence-corrected chi connectivity index (χ4v) is 4.63. The van der Waals surface area contributed by atoms with Crippen molar-refractivity contribution in [3.63, 3.8) is 0 Å². The van der Waals surface area contributed by atoms with Gasteiger partial charge in [-0.05, 0) is 24.0 Å². The quantitative estimate of drug-likeness (QED) is 0.476. The van der Waals surface area contributed by atoms with Crippen molar-refractivity contribution < 1.29 is 9.59 Å². The Kier molecular flexibility index (Phi) is 6.00. The van der Waals surface area contributed by atoms with Gasteiger partial charge >= 0.3 is 0 Å². The summed E-state index contributed by atoms with van der Waals surface area (Å²) in [4.78, 5) is 26.6. The number of carbonyl (C=O) groups is 2. The number of hydrogen-bond donors (Lipinski definition) is 0. The highest BCUT2D eigenvalue weighted by Crippen LogP contribution is 2.42. The fourth-order valence-electron chi connectivity index (χ4n) is 4.63. The van der Waals surface area contributed by atoms with Crippen molar-refractivity contribution >= 4 is 11.6 Å². The van der Waals surface area contributed by atoms with Crippen LogP contribution in [0.15, 0.2) is 91.0 Å². The first kappa shape index (κ1) is 19.3. The second-order valence-electron chi connectivity index (χ2n) is 7.91. The van der Waals surface area contributed by atoms with Crippen LogP contribution in [0, 0.1) is 5.92 Å². The van der Waals surface area contributed by atoms with E-state index in [0.29, 0.717) is 6.42 Å². The second-order valence-corrected chi connectivity index (χ2v) is 7.91. The highest BCUT2D eigenvalue weighted by molar-refractivity contribution is 5.97. The average molecular weight is 383 g/mol. The second kappa shape index (κ2) is 9.00. The molecule has 0 spiro atoms. The van der Waals surface area contributed by atoms with Crippen LogP contribution in [0.2, 0.25) is 0 Å². The van der Waals surface area contributed by atoms with Crippen LogP contribution in [0.1, 0.15) is 59.0 Å². The van der Waals surface area contributed by atoms with E-state index in [0.717, 1.165) is 36.0 Å². The summed E-state index contributed by atoms with van der Waals surface area (Å²) in [5, 5.41) is 0. The smallest absolute Gasteiger partial charge is 0.163 e. The lowest BCUT2D eigenvalue weighted by Crippen LogP contribution is -2.32. The lowest BCUT2D eigenvalue weighted by atomic mass is 9.68. The maximum absolute atomic E-state index is 13.5. The molecule has 0 radical (unpaired) electrons. The van der Waals surface area contributed by atoms with Gasteiger partial charge in [-0.15, -0.1) is 0 Å². The molecule has 1 aliphatic carbocycles. The zero-order valence-electron chi connectivity index (χ0n) is 16.5. The first-order valence-electron chi connectivity index (χ1n) is 10.5. The lowest BCUT2D eigenvalue weighted by Gasteiger charge is -2.33. The van der Waals surface area contributed by atoms with Gasteiger partial charge < -0.3 is 0 Å². The van der Waals surface area contributed by atoms with E-state index in [9.17, 15) is 9.59 Å². The van der Waals surface area contributed by atoms with E-state index in [1.165, 1.54) is 0 Å². The van der Waals surface area contributed by atoms with Crippen LogP contribution >= 0.6 is 0 Å². The molecule has 3 aromatic rings. The van der Waals surface area contributed by atoms with E-state index in [1.54, 1.807) is 0 Å². The molecular weight excluding hydrogens is 356 g/mol. The Morgan fingerprint density at radius 1 is 0.793 bits per heavy atom. The molecule has 0 amide bonds. The number of rotatable bonds is 6. The summed E-state index contributed by atoms with van der Waals surface area (Å²) >= 11 is 0. The van der Waals surface area contributed by atoms with Gasteiger partial charge in [-0.1, -0.05) is 97.4 Å². The molecule has 29 heavy (non-hydrogen) atoms. The van der Waals surface area contributed by atoms with Crippen molar-refractivity contribution in [2.24, 2.45) is 5.92 Å². The molecule has 0 N–H and O–H groups in total. The molecule has 3 unspecified atom stereocenters. The molecule has 0 aliphatic heterocycles. The molecule has 3 atom stereocenters. The van der Waals surface area contributed by atoms with Crippen LogP contribution in [0.4, 0.5) is 0 Å². The maximum Gasteiger partial charge on any atom is 0.163 e. The Hall–Kier alpha value is -3.00. The van der Waals surface area contributed by atoms with Gasteiger partial charge in [0.2, 0.25) is 0 Å². The summed E-state index contributed by atoms with van der Waals surface area (Å²) in [6, 6.07) is 29.6. The first-order valence-corrected chi connectivity index (χ1v) is 10.5. The predicted octanol–water partition coefficient (Wildman–Crippen LogP) is 6.20. The molecule has 4 rings (SSSR count). The maximum atomic E-state index is 13.5. The van der Waals surface area contributed by atoms with Crippen molar-refractivity contribution in [1.29, 1.82) is 0 Å². The molecule has 146 valence electrons. The molecule has 0 aromatic heterocycles. The summed E-state index contributed by atoms with van der Waals surface area (Å²) in [6.45, 7) is 0. The zero-order chi connectivity index (χ0) is 20.1. The minimum atomic E-state index is -0.121.